The first-order valence-corrected chi connectivity index (χ1v) is 5.97. The molecule has 1 aliphatic carbocycles. The maximum Gasteiger partial charge on any atom is -0.0386 e. The zero-order valence-electron chi connectivity index (χ0n) is 10.6. The molecule has 1 fully saturated rings. The fourth-order valence-electron chi connectivity index (χ4n) is 2.39. The average Bonchev–Trinajstić information content (AvgIpc) is 2.25. The predicted molar refractivity (Wildman–Crippen MR) is 61.8 cm³/mol. The van der Waals surface area contributed by atoms with Crippen LogP contribution in [0.4, 0.5) is 0 Å². The lowest BCUT2D eigenvalue weighted by Gasteiger charge is -2.14. The van der Waals surface area contributed by atoms with Crippen LogP contribution in [0, 0.1) is 29.6 Å². The van der Waals surface area contributed by atoms with E-state index >= 15 is 0 Å². The van der Waals surface area contributed by atoms with Crippen molar-refractivity contribution in [2.24, 2.45) is 29.6 Å². The largest absolute Gasteiger partial charge is 0.0656 e. The number of hydrogen-bond acceptors (Lipinski definition) is 0. The standard InChI is InChI=1S/C10H20.C3H8/c1-6-7(2)9(4)10(5)8(6)3;1-3-2/h6-10H,1-5H3;3H2,1-2H3. The molecule has 0 aromatic rings. The molecule has 0 heteroatoms. The Kier molecular flexibility index (Phi) is 5.67. The van der Waals surface area contributed by atoms with Gasteiger partial charge in [-0.05, 0) is 29.6 Å². The molecule has 0 radical (unpaired) electrons. The van der Waals surface area contributed by atoms with Crippen molar-refractivity contribution in [3.63, 3.8) is 0 Å². The van der Waals surface area contributed by atoms with Crippen LogP contribution >= 0.6 is 0 Å². The Bertz CT molecular complexity index is 83.2. The van der Waals surface area contributed by atoms with Gasteiger partial charge in [0.05, 0.1) is 0 Å². The van der Waals surface area contributed by atoms with Crippen LogP contribution in [0.5, 0.6) is 0 Å². The second kappa shape index (κ2) is 5.67. The van der Waals surface area contributed by atoms with Crippen molar-refractivity contribution < 1.29 is 0 Å². The van der Waals surface area contributed by atoms with Gasteiger partial charge in [-0.1, -0.05) is 54.9 Å². The maximum absolute atomic E-state index is 2.40. The van der Waals surface area contributed by atoms with Crippen LogP contribution in [0.3, 0.4) is 0 Å². The van der Waals surface area contributed by atoms with Crippen LogP contribution < -0.4 is 0 Å². The van der Waals surface area contributed by atoms with Gasteiger partial charge in [0.15, 0.2) is 0 Å². The highest BCUT2D eigenvalue weighted by Crippen LogP contribution is 2.44. The smallest absolute Gasteiger partial charge is 0.0386 e. The minimum Gasteiger partial charge on any atom is -0.0656 e. The third-order valence-electron chi connectivity index (χ3n) is 4.15. The summed E-state index contributed by atoms with van der Waals surface area (Å²) < 4.78 is 0. The molecule has 0 aromatic heterocycles. The molecule has 0 spiro atoms. The van der Waals surface area contributed by atoms with Crippen molar-refractivity contribution in [1.82, 2.24) is 0 Å². The minimum absolute atomic E-state index is 0.935. The van der Waals surface area contributed by atoms with Crippen molar-refractivity contribution >= 4 is 0 Å². The zero-order valence-corrected chi connectivity index (χ0v) is 10.6. The first-order valence-electron chi connectivity index (χ1n) is 5.97. The molecule has 0 amide bonds. The molecule has 0 bridgehead atoms. The number of rotatable bonds is 0. The van der Waals surface area contributed by atoms with Crippen molar-refractivity contribution in [2.75, 3.05) is 0 Å². The van der Waals surface area contributed by atoms with E-state index in [1.165, 1.54) is 6.42 Å². The van der Waals surface area contributed by atoms with Gasteiger partial charge in [-0.15, -0.1) is 0 Å². The molecule has 1 aliphatic rings. The first-order chi connectivity index (χ1) is 5.97. The molecule has 1 rings (SSSR count). The van der Waals surface area contributed by atoms with Crippen molar-refractivity contribution in [2.45, 2.75) is 54.9 Å². The summed E-state index contributed by atoms with van der Waals surface area (Å²) in [6.07, 6.45) is 1.25. The zero-order chi connectivity index (χ0) is 10.6. The van der Waals surface area contributed by atoms with Crippen LogP contribution in [-0.4, -0.2) is 0 Å². The number of hydrogen-bond donors (Lipinski definition) is 0. The lowest BCUT2D eigenvalue weighted by Crippen LogP contribution is -2.07. The summed E-state index contributed by atoms with van der Waals surface area (Å²) in [5.41, 5.74) is 0. The van der Waals surface area contributed by atoms with Crippen molar-refractivity contribution in [1.29, 1.82) is 0 Å². The molecule has 13 heavy (non-hydrogen) atoms. The monoisotopic (exact) mass is 184 g/mol. The van der Waals surface area contributed by atoms with E-state index in [0.717, 1.165) is 29.6 Å². The highest BCUT2D eigenvalue weighted by Gasteiger charge is 2.38. The fraction of sp³-hybridized carbons (Fsp3) is 1.00. The average molecular weight is 184 g/mol. The van der Waals surface area contributed by atoms with E-state index in [0.29, 0.717) is 0 Å². The predicted octanol–water partition coefficient (Wildman–Crippen LogP) is 4.60. The van der Waals surface area contributed by atoms with E-state index in [2.05, 4.69) is 48.5 Å². The molecule has 0 heterocycles. The lowest BCUT2D eigenvalue weighted by molar-refractivity contribution is 0.352. The second-order valence-electron chi connectivity index (χ2n) is 5.00. The van der Waals surface area contributed by atoms with E-state index in [4.69, 9.17) is 0 Å². The molecule has 1 saturated carbocycles. The summed E-state index contributed by atoms with van der Waals surface area (Å²) >= 11 is 0. The molecule has 0 unspecified atom stereocenters. The highest BCUT2D eigenvalue weighted by atomic mass is 14.4. The lowest BCUT2D eigenvalue weighted by atomic mass is 9.92. The van der Waals surface area contributed by atoms with Crippen molar-refractivity contribution in [3.8, 4) is 0 Å². The first kappa shape index (κ1) is 13.0. The minimum atomic E-state index is 0.935. The van der Waals surface area contributed by atoms with E-state index in [1.54, 1.807) is 0 Å². The summed E-state index contributed by atoms with van der Waals surface area (Å²) in [4.78, 5) is 0. The molecule has 0 atom stereocenters. The highest BCUT2D eigenvalue weighted by molar-refractivity contribution is 4.86. The van der Waals surface area contributed by atoms with E-state index in [1.807, 2.05) is 0 Å². The fourth-order valence-corrected chi connectivity index (χ4v) is 2.39. The molecule has 0 aromatic carbocycles. The summed E-state index contributed by atoms with van der Waals surface area (Å²) in [7, 11) is 0. The summed E-state index contributed by atoms with van der Waals surface area (Å²) in [6, 6.07) is 0. The van der Waals surface area contributed by atoms with Gasteiger partial charge in [-0.2, -0.15) is 0 Å². The van der Waals surface area contributed by atoms with E-state index in [9.17, 15) is 0 Å². The molecule has 80 valence electrons. The quantitative estimate of drug-likeness (QED) is 0.516. The van der Waals surface area contributed by atoms with Crippen molar-refractivity contribution in [3.05, 3.63) is 0 Å². The summed E-state index contributed by atoms with van der Waals surface area (Å²) in [6.45, 7) is 16.2. The Morgan fingerprint density at radius 1 is 0.538 bits per heavy atom. The maximum atomic E-state index is 2.40. The molecular formula is C13H28. The molecular weight excluding hydrogens is 156 g/mol. The normalized spacial score (nSPS) is 44.1. The molecule has 0 aliphatic heterocycles. The van der Waals surface area contributed by atoms with Crippen LogP contribution in [-0.2, 0) is 0 Å². The van der Waals surface area contributed by atoms with Crippen LogP contribution in [0.25, 0.3) is 0 Å². The van der Waals surface area contributed by atoms with Gasteiger partial charge in [-0.25, -0.2) is 0 Å². The van der Waals surface area contributed by atoms with Gasteiger partial charge in [-0.3, -0.25) is 0 Å². The Balaban J connectivity index is 0.000000424. The Morgan fingerprint density at radius 2 is 0.615 bits per heavy atom. The molecule has 0 saturated heterocycles. The molecule has 0 nitrogen and oxygen atoms in total. The van der Waals surface area contributed by atoms with Crippen LogP contribution in [0.2, 0.25) is 0 Å². The third-order valence-corrected chi connectivity index (χ3v) is 4.15. The Labute approximate surface area is 85.1 Å². The van der Waals surface area contributed by atoms with Gasteiger partial charge >= 0.3 is 0 Å². The topological polar surface area (TPSA) is 0 Å². The summed E-state index contributed by atoms with van der Waals surface area (Å²) in [5, 5.41) is 0. The van der Waals surface area contributed by atoms with Gasteiger partial charge in [0, 0.05) is 0 Å². The van der Waals surface area contributed by atoms with Gasteiger partial charge in [0.25, 0.3) is 0 Å². The summed E-state index contributed by atoms with van der Waals surface area (Å²) in [5.74, 6) is 4.68. The van der Waals surface area contributed by atoms with Gasteiger partial charge in [0.1, 0.15) is 0 Å². The third kappa shape index (κ3) is 3.00. The van der Waals surface area contributed by atoms with Crippen LogP contribution in [0.1, 0.15) is 54.9 Å². The van der Waals surface area contributed by atoms with E-state index in [-0.39, 0.29) is 0 Å². The SMILES string of the molecule is CC1C(C)C(C)C(C)C1C.CCC. The Hall–Kier alpha value is 0. The Morgan fingerprint density at radius 3 is 0.692 bits per heavy atom. The van der Waals surface area contributed by atoms with Gasteiger partial charge < -0.3 is 0 Å². The van der Waals surface area contributed by atoms with Crippen LogP contribution in [0.15, 0.2) is 0 Å². The van der Waals surface area contributed by atoms with Gasteiger partial charge in [0.2, 0.25) is 0 Å². The molecule has 0 N–H and O–H groups in total. The van der Waals surface area contributed by atoms with E-state index < -0.39 is 0 Å². The second-order valence-corrected chi connectivity index (χ2v) is 5.00.